The number of rotatable bonds is 5. The van der Waals surface area contributed by atoms with Crippen molar-refractivity contribution in [1.82, 2.24) is 0 Å². The van der Waals surface area contributed by atoms with Gasteiger partial charge in [0, 0.05) is 22.9 Å². The maximum atomic E-state index is 12.3. The molecule has 24 heavy (non-hydrogen) atoms. The van der Waals surface area contributed by atoms with Gasteiger partial charge in [-0.2, -0.15) is 0 Å². The van der Waals surface area contributed by atoms with Crippen LogP contribution in [-0.2, 0) is 4.79 Å². The monoisotopic (exact) mass is 346 g/mol. The Labute approximate surface area is 146 Å². The van der Waals surface area contributed by atoms with Crippen LogP contribution in [0.25, 0.3) is 0 Å². The van der Waals surface area contributed by atoms with Crippen molar-refractivity contribution < 1.29 is 14.3 Å². The molecule has 0 aliphatic rings. The van der Waals surface area contributed by atoms with Gasteiger partial charge in [0.15, 0.2) is 0 Å². The number of hydrogen-bond acceptors (Lipinski definition) is 3. The molecule has 0 atom stereocenters. The molecular weight excluding hydrogens is 328 g/mol. The van der Waals surface area contributed by atoms with E-state index in [1.165, 1.54) is 7.11 Å². The number of benzene rings is 2. The van der Waals surface area contributed by atoms with Crippen LogP contribution in [0.5, 0.6) is 5.75 Å². The Kier molecular flexibility index (Phi) is 5.82. The number of carbonyl (C=O) groups is 2. The van der Waals surface area contributed by atoms with Crippen LogP contribution in [-0.4, -0.2) is 18.9 Å². The van der Waals surface area contributed by atoms with Gasteiger partial charge in [-0.15, -0.1) is 0 Å². The van der Waals surface area contributed by atoms with E-state index in [0.29, 0.717) is 27.7 Å². The van der Waals surface area contributed by atoms with Crippen LogP contribution in [0.1, 0.15) is 24.2 Å². The van der Waals surface area contributed by atoms with Crippen LogP contribution in [0.15, 0.2) is 42.5 Å². The molecule has 0 saturated heterocycles. The van der Waals surface area contributed by atoms with E-state index in [0.717, 1.165) is 0 Å². The highest BCUT2D eigenvalue weighted by Gasteiger charge is 2.11. The predicted molar refractivity (Wildman–Crippen MR) is 95.9 cm³/mol. The van der Waals surface area contributed by atoms with Crippen molar-refractivity contribution in [2.45, 2.75) is 13.8 Å². The van der Waals surface area contributed by atoms with Crippen molar-refractivity contribution in [3.05, 3.63) is 53.1 Å². The van der Waals surface area contributed by atoms with Crippen molar-refractivity contribution >= 4 is 34.8 Å². The zero-order valence-corrected chi connectivity index (χ0v) is 14.5. The summed E-state index contributed by atoms with van der Waals surface area (Å²) in [6.07, 6.45) is 0. The first-order chi connectivity index (χ1) is 11.4. The number of methoxy groups -OCH3 is 1. The van der Waals surface area contributed by atoms with Crippen LogP contribution in [0.2, 0.25) is 5.02 Å². The Morgan fingerprint density at radius 2 is 1.71 bits per heavy atom. The predicted octanol–water partition coefficient (Wildman–Crippen LogP) is 4.20. The normalized spacial score (nSPS) is 10.4. The molecule has 0 heterocycles. The van der Waals surface area contributed by atoms with E-state index in [9.17, 15) is 9.59 Å². The van der Waals surface area contributed by atoms with E-state index in [1.807, 2.05) is 13.8 Å². The summed E-state index contributed by atoms with van der Waals surface area (Å²) in [4.78, 5) is 24.0. The number of nitrogens with one attached hydrogen (secondary N) is 2. The molecule has 0 fully saturated rings. The van der Waals surface area contributed by atoms with Crippen LogP contribution < -0.4 is 15.4 Å². The highest BCUT2D eigenvalue weighted by molar-refractivity contribution is 6.32. The third kappa shape index (κ3) is 4.49. The van der Waals surface area contributed by atoms with E-state index in [4.69, 9.17) is 16.3 Å². The van der Waals surface area contributed by atoms with E-state index in [2.05, 4.69) is 10.6 Å². The molecule has 0 aliphatic heterocycles. The minimum absolute atomic E-state index is 0.0830. The molecule has 0 saturated carbocycles. The van der Waals surface area contributed by atoms with Crippen LogP contribution in [0, 0.1) is 5.92 Å². The molecule has 2 N–H and O–H groups in total. The Morgan fingerprint density at radius 1 is 1.04 bits per heavy atom. The molecule has 2 rings (SSSR count). The van der Waals surface area contributed by atoms with E-state index < -0.39 is 0 Å². The number of anilines is 2. The zero-order chi connectivity index (χ0) is 17.7. The lowest BCUT2D eigenvalue weighted by Gasteiger charge is -2.11. The largest absolute Gasteiger partial charge is 0.495 e. The Morgan fingerprint density at radius 3 is 2.29 bits per heavy atom. The smallest absolute Gasteiger partial charge is 0.255 e. The lowest BCUT2D eigenvalue weighted by Crippen LogP contribution is -2.18. The lowest BCUT2D eigenvalue weighted by atomic mass is 10.2. The molecule has 0 bridgehead atoms. The summed E-state index contributed by atoms with van der Waals surface area (Å²) in [5.41, 5.74) is 1.62. The second kappa shape index (κ2) is 7.84. The molecule has 0 spiro atoms. The Bertz CT molecular complexity index is 760. The fourth-order valence-corrected chi connectivity index (χ4v) is 2.23. The van der Waals surface area contributed by atoms with Gasteiger partial charge in [-0.25, -0.2) is 0 Å². The lowest BCUT2D eigenvalue weighted by molar-refractivity contribution is -0.118. The maximum absolute atomic E-state index is 12.3. The fraction of sp³-hybridized carbons (Fsp3) is 0.222. The fourth-order valence-electron chi connectivity index (χ4n) is 1.97. The number of ether oxygens (including phenoxy) is 1. The summed E-state index contributed by atoms with van der Waals surface area (Å²) in [6, 6.07) is 11.8. The van der Waals surface area contributed by atoms with E-state index in [1.54, 1.807) is 42.5 Å². The van der Waals surface area contributed by atoms with Gasteiger partial charge in [-0.1, -0.05) is 31.5 Å². The average Bonchev–Trinajstić information content (AvgIpc) is 2.54. The van der Waals surface area contributed by atoms with Crippen LogP contribution >= 0.6 is 11.6 Å². The van der Waals surface area contributed by atoms with E-state index >= 15 is 0 Å². The standard InChI is InChI=1S/C18H19ClN2O3/c1-11(2)17(22)20-13-5-4-6-14(10-13)21-18(23)12-7-8-16(24-3)15(19)9-12/h4-11H,1-3H3,(H,20,22)(H,21,23). The minimum atomic E-state index is -0.299. The van der Waals surface area contributed by atoms with Crippen LogP contribution in [0.3, 0.4) is 0 Å². The minimum Gasteiger partial charge on any atom is -0.495 e. The van der Waals surface area contributed by atoms with Gasteiger partial charge in [0.25, 0.3) is 5.91 Å². The molecule has 2 aromatic carbocycles. The number of amides is 2. The van der Waals surface area contributed by atoms with Crippen molar-refractivity contribution in [2.75, 3.05) is 17.7 Å². The van der Waals surface area contributed by atoms with E-state index in [-0.39, 0.29) is 17.7 Å². The van der Waals surface area contributed by atoms with Gasteiger partial charge in [-0.05, 0) is 36.4 Å². The second-order valence-corrected chi connectivity index (χ2v) is 5.94. The highest BCUT2D eigenvalue weighted by atomic mass is 35.5. The molecule has 126 valence electrons. The summed E-state index contributed by atoms with van der Waals surface area (Å²) < 4.78 is 5.07. The number of halogens is 1. The summed E-state index contributed by atoms with van der Waals surface area (Å²) >= 11 is 6.04. The Hall–Kier alpha value is -2.53. The first-order valence-corrected chi connectivity index (χ1v) is 7.84. The van der Waals surface area contributed by atoms with Gasteiger partial charge in [0.1, 0.15) is 5.75 Å². The molecule has 0 aromatic heterocycles. The molecule has 2 aromatic rings. The maximum Gasteiger partial charge on any atom is 0.255 e. The second-order valence-electron chi connectivity index (χ2n) is 5.53. The van der Waals surface area contributed by atoms with Gasteiger partial charge >= 0.3 is 0 Å². The molecular formula is C18H19ClN2O3. The number of carbonyl (C=O) groups excluding carboxylic acids is 2. The number of hydrogen-bond donors (Lipinski definition) is 2. The zero-order valence-electron chi connectivity index (χ0n) is 13.7. The van der Waals surface area contributed by atoms with Crippen molar-refractivity contribution in [3.63, 3.8) is 0 Å². The van der Waals surface area contributed by atoms with Gasteiger partial charge in [0.05, 0.1) is 12.1 Å². The molecule has 2 amide bonds. The quantitative estimate of drug-likeness (QED) is 0.852. The topological polar surface area (TPSA) is 67.4 Å². The van der Waals surface area contributed by atoms with Gasteiger partial charge in [-0.3, -0.25) is 9.59 Å². The Balaban J connectivity index is 2.11. The molecule has 0 radical (unpaired) electrons. The summed E-state index contributed by atoms with van der Waals surface area (Å²) in [5.74, 6) is 0.00334. The van der Waals surface area contributed by atoms with Gasteiger partial charge < -0.3 is 15.4 Å². The van der Waals surface area contributed by atoms with Gasteiger partial charge in [0.2, 0.25) is 5.91 Å². The van der Waals surface area contributed by atoms with Crippen molar-refractivity contribution in [3.8, 4) is 5.75 Å². The summed E-state index contributed by atoms with van der Waals surface area (Å²) in [6.45, 7) is 3.63. The SMILES string of the molecule is COc1ccc(C(=O)Nc2cccc(NC(=O)C(C)C)c2)cc1Cl. The third-order valence-electron chi connectivity index (χ3n) is 3.33. The molecule has 0 aliphatic carbocycles. The van der Waals surface area contributed by atoms with Crippen molar-refractivity contribution in [1.29, 1.82) is 0 Å². The molecule has 5 nitrogen and oxygen atoms in total. The molecule has 6 heteroatoms. The summed E-state index contributed by atoms with van der Waals surface area (Å²) in [7, 11) is 1.51. The third-order valence-corrected chi connectivity index (χ3v) is 3.62. The average molecular weight is 347 g/mol. The van der Waals surface area contributed by atoms with Crippen molar-refractivity contribution in [2.24, 2.45) is 5.92 Å². The first kappa shape index (κ1) is 17.8. The van der Waals surface area contributed by atoms with Crippen LogP contribution in [0.4, 0.5) is 11.4 Å². The summed E-state index contributed by atoms with van der Waals surface area (Å²) in [5, 5.41) is 5.93. The molecule has 0 unspecified atom stereocenters. The first-order valence-electron chi connectivity index (χ1n) is 7.46. The highest BCUT2D eigenvalue weighted by Crippen LogP contribution is 2.25.